The minimum absolute atomic E-state index is 0.123. The Bertz CT molecular complexity index is 1350. The molecule has 1 aliphatic rings. The number of hydrogen-bond donors (Lipinski definition) is 2. The van der Waals surface area contributed by atoms with Crippen molar-refractivity contribution in [3.8, 4) is 0 Å². The van der Waals surface area contributed by atoms with Gasteiger partial charge >= 0.3 is 0 Å². The molecule has 34 heavy (non-hydrogen) atoms. The van der Waals surface area contributed by atoms with Crippen molar-refractivity contribution in [2.75, 3.05) is 18.4 Å². The van der Waals surface area contributed by atoms with E-state index >= 15 is 0 Å². The third-order valence-electron chi connectivity index (χ3n) is 5.94. The first-order valence-corrected chi connectivity index (χ1v) is 12.5. The summed E-state index contributed by atoms with van der Waals surface area (Å²) in [7, 11) is -3.65. The first-order valence-electron chi connectivity index (χ1n) is 11.1. The second-order valence-corrected chi connectivity index (χ2v) is 10.4. The molecule has 4 rings (SSSR count). The molecule has 9 nitrogen and oxygen atoms in total. The summed E-state index contributed by atoms with van der Waals surface area (Å²) in [5.74, 6) is -0.432. The molecule has 2 heterocycles. The summed E-state index contributed by atoms with van der Waals surface area (Å²) >= 11 is 0. The molecule has 2 aromatic carbocycles. The molecule has 1 fully saturated rings. The maximum absolute atomic E-state index is 13.0. The highest BCUT2D eigenvalue weighted by atomic mass is 32.2. The Morgan fingerprint density at radius 1 is 0.941 bits per heavy atom. The molecule has 0 radical (unpaired) electrons. The molecule has 0 atom stereocenters. The van der Waals surface area contributed by atoms with Gasteiger partial charge in [0.1, 0.15) is 0 Å². The molecule has 0 saturated carbocycles. The molecule has 2 amide bonds. The van der Waals surface area contributed by atoms with Gasteiger partial charge in [-0.1, -0.05) is 0 Å². The monoisotopic (exact) mass is 481 g/mol. The number of rotatable bonds is 5. The number of fused-ring (bicyclic) bond motifs is 1. The van der Waals surface area contributed by atoms with E-state index in [2.05, 4.69) is 20.6 Å². The lowest BCUT2D eigenvalue weighted by molar-refractivity contribution is -0.114. The zero-order valence-electron chi connectivity index (χ0n) is 19.3. The van der Waals surface area contributed by atoms with Gasteiger partial charge in [0.05, 0.1) is 27.3 Å². The van der Waals surface area contributed by atoms with Crippen molar-refractivity contribution in [1.29, 1.82) is 0 Å². The van der Waals surface area contributed by atoms with Gasteiger partial charge in [-0.2, -0.15) is 4.31 Å². The average Bonchev–Trinajstić information content (AvgIpc) is 2.80. The zero-order chi connectivity index (χ0) is 24.5. The number of carbonyl (C=O) groups is 2. The van der Waals surface area contributed by atoms with E-state index in [4.69, 9.17) is 0 Å². The van der Waals surface area contributed by atoms with Crippen molar-refractivity contribution in [2.45, 2.75) is 44.6 Å². The van der Waals surface area contributed by atoms with E-state index in [1.54, 1.807) is 30.3 Å². The number of piperidine rings is 1. The number of hydrogen-bond acceptors (Lipinski definition) is 6. The average molecular weight is 482 g/mol. The minimum atomic E-state index is -3.65. The molecular formula is C24H27N5O4S. The summed E-state index contributed by atoms with van der Waals surface area (Å²) in [6.07, 6.45) is 1.03. The second-order valence-electron chi connectivity index (χ2n) is 8.46. The minimum Gasteiger partial charge on any atom is -0.349 e. The van der Waals surface area contributed by atoms with Crippen LogP contribution in [-0.2, 0) is 14.8 Å². The lowest BCUT2D eigenvalue weighted by Gasteiger charge is -2.31. The summed E-state index contributed by atoms with van der Waals surface area (Å²) in [5.41, 5.74) is 4.13. The number of amides is 2. The quantitative estimate of drug-likeness (QED) is 0.578. The number of aryl methyl sites for hydroxylation is 2. The van der Waals surface area contributed by atoms with Gasteiger partial charge in [-0.15, -0.1) is 0 Å². The molecule has 1 aromatic heterocycles. The van der Waals surface area contributed by atoms with E-state index in [1.165, 1.54) is 23.4 Å². The summed E-state index contributed by atoms with van der Waals surface area (Å²) < 4.78 is 27.4. The lowest BCUT2D eigenvalue weighted by Crippen LogP contribution is -2.46. The molecule has 0 aliphatic carbocycles. The van der Waals surface area contributed by atoms with Crippen LogP contribution in [0.15, 0.2) is 47.4 Å². The molecule has 1 aliphatic heterocycles. The molecule has 0 spiro atoms. The number of anilines is 1. The van der Waals surface area contributed by atoms with E-state index in [0.717, 1.165) is 16.9 Å². The highest BCUT2D eigenvalue weighted by Gasteiger charge is 2.30. The van der Waals surface area contributed by atoms with Crippen LogP contribution in [0.1, 0.15) is 41.5 Å². The van der Waals surface area contributed by atoms with E-state index in [-0.39, 0.29) is 22.8 Å². The van der Waals surface area contributed by atoms with Crippen LogP contribution in [0, 0.1) is 13.8 Å². The Hall–Kier alpha value is -3.37. The summed E-state index contributed by atoms with van der Waals surface area (Å²) in [4.78, 5) is 33.1. The SMILES string of the molecule is CC(=O)Nc1ccc(S(=O)(=O)N2CCC(NC(=O)c3ccc4nc(C)c(C)nc4c3)CC2)cc1. The predicted octanol–water partition coefficient (Wildman–Crippen LogP) is 2.79. The normalized spacial score (nSPS) is 15.3. The van der Waals surface area contributed by atoms with Gasteiger partial charge in [0, 0.05) is 37.3 Å². The standard InChI is InChI=1S/C24H27N5O4S/c1-15-16(2)26-23-14-18(4-9-22(23)25-15)24(31)28-20-10-12-29(13-11-20)34(32,33)21-7-5-19(6-8-21)27-17(3)30/h4-9,14,20H,10-13H2,1-3H3,(H,27,30)(H,28,31). The summed E-state index contributed by atoms with van der Waals surface area (Å²) in [6.45, 7) is 5.79. The van der Waals surface area contributed by atoms with Gasteiger partial charge in [0.15, 0.2) is 0 Å². The van der Waals surface area contributed by atoms with E-state index in [0.29, 0.717) is 42.7 Å². The molecule has 10 heteroatoms. The Morgan fingerprint density at radius 3 is 2.18 bits per heavy atom. The van der Waals surface area contributed by atoms with Crippen LogP contribution in [-0.4, -0.2) is 53.6 Å². The van der Waals surface area contributed by atoms with Crippen LogP contribution in [0.25, 0.3) is 11.0 Å². The molecule has 1 saturated heterocycles. The van der Waals surface area contributed by atoms with Crippen molar-refractivity contribution in [2.24, 2.45) is 0 Å². The Kier molecular flexibility index (Phi) is 6.63. The van der Waals surface area contributed by atoms with Gasteiger partial charge in [-0.3, -0.25) is 9.59 Å². The van der Waals surface area contributed by atoms with Crippen molar-refractivity contribution >= 4 is 38.6 Å². The van der Waals surface area contributed by atoms with Crippen LogP contribution in [0.3, 0.4) is 0 Å². The highest BCUT2D eigenvalue weighted by Crippen LogP contribution is 2.23. The smallest absolute Gasteiger partial charge is 0.251 e. The van der Waals surface area contributed by atoms with Gasteiger partial charge in [0.2, 0.25) is 15.9 Å². The van der Waals surface area contributed by atoms with Crippen LogP contribution < -0.4 is 10.6 Å². The fraction of sp³-hybridized carbons (Fsp3) is 0.333. The molecular weight excluding hydrogens is 454 g/mol. The van der Waals surface area contributed by atoms with Gasteiger partial charge in [-0.25, -0.2) is 18.4 Å². The summed E-state index contributed by atoms with van der Waals surface area (Å²) in [5, 5.41) is 5.63. The summed E-state index contributed by atoms with van der Waals surface area (Å²) in [6, 6.07) is 11.2. The Balaban J connectivity index is 1.38. The number of carbonyl (C=O) groups excluding carboxylic acids is 2. The molecule has 0 unspecified atom stereocenters. The largest absolute Gasteiger partial charge is 0.349 e. The highest BCUT2D eigenvalue weighted by molar-refractivity contribution is 7.89. The van der Waals surface area contributed by atoms with Crippen molar-refractivity contribution in [1.82, 2.24) is 19.6 Å². The fourth-order valence-corrected chi connectivity index (χ4v) is 5.41. The maximum Gasteiger partial charge on any atom is 0.251 e. The van der Waals surface area contributed by atoms with Crippen LogP contribution in [0.5, 0.6) is 0 Å². The lowest BCUT2D eigenvalue weighted by atomic mass is 10.1. The third-order valence-corrected chi connectivity index (χ3v) is 7.85. The van der Waals surface area contributed by atoms with E-state index < -0.39 is 10.0 Å². The Labute approximate surface area is 198 Å². The molecule has 178 valence electrons. The number of nitrogens with one attached hydrogen (secondary N) is 2. The first kappa shape index (κ1) is 23.8. The number of aromatic nitrogens is 2. The van der Waals surface area contributed by atoms with Gasteiger partial charge in [-0.05, 0) is 69.2 Å². The third kappa shape index (κ3) is 5.07. The first-order chi connectivity index (χ1) is 16.1. The maximum atomic E-state index is 13.0. The van der Waals surface area contributed by atoms with E-state index in [9.17, 15) is 18.0 Å². The van der Waals surface area contributed by atoms with Crippen LogP contribution in [0.4, 0.5) is 5.69 Å². The second kappa shape index (κ2) is 9.47. The van der Waals surface area contributed by atoms with Gasteiger partial charge in [0.25, 0.3) is 5.91 Å². The number of sulfonamides is 1. The van der Waals surface area contributed by atoms with Crippen LogP contribution >= 0.6 is 0 Å². The number of nitrogens with zero attached hydrogens (tertiary/aromatic N) is 3. The Morgan fingerprint density at radius 2 is 1.56 bits per heavy atom. The fourth-order valence-electron chi connectivity index (χ4n) is 3.94. The zero-order valence-corrected chi connectivity index (χ0v) is 20.1. The molecule has 0 bridgehead atoms. The predicted molar refractivity (Wildman–Crippen MR) is 129 cm³/mol. The van der Waals surface area contributed by atoms with Crippen molar-refractivity contribution in [3.63, 3.8) is 0 Å². The van der Waals surface area contributed by atoms with Gasteiger partial charge < -0.3 is 10.6 Å². The van der Waals surface area contributed by atoms with Crippen LogP contribution in [0.2, 0.25) is 0 Å². The topological polar surface area (TPSA) is 121 Å². The molecule has 2 N–H and O–H groups in total. The van der Waals surface area contributed by atoms with E-state index in [1.807, 2.05) is 13.8 Å². The van der Waals surface area contributed by atoms with Crippen molar-refractivity contribution < 1.29 is 18.0 Å². The van der Waals surface area contributed by atoms with Crippen molar-refractivity contribution in [3.05, 3.63) is 59.4 Å². The number of benzene rings is 2. The molecule has 3 aromatic rings.